The molecule has 16 heteroatoms. The minimum absolute atomic E-state index is 0.0175. The number of guanidine groups is 1. The molecule has 0 spiro atoms. The fourth-order valence-electron chi connectivity index (χ4n) is 5.24. The van der Waals surface area contributed by atoms with Crippen LogP contribution in [0.15, 0.2) is 18.2 Å². The van der Waals surface area contributed by atoms with Gasteiger partial charge in [-0.3, -0.25) is 24.7 Å². The maximum Gasteiger partial charge on any atom is 0.547 e. The second-order valence-electron chi connectivity index (χ2n) is 9.91. The van der Waals surface area contributed by atoms with Crippen LogP contribution in [0.5, 0.6) is 5.75 Å². The first kappa shape index (κ1) is 28.7. The van der Waals surface area contributed by atoms with E-state index in [1.54, 1.807) is 17.9 Å². The molecule has 3 aliphatic heterocycles. The number of likely N-dealkylation sites (tertiary alicyclic amines) is 1. The van der Waals surface area contributed by atoms with Crippen LogP contribution in [-0.4, -0.2) is 112 Å². The third-order valence-corrected chi connectivity index (χ3v) is 7.53. The summed E-state index contributed by atoms with van der Waals surface area (Å²) >= 11 is 0. The smallest absolute Gasteiger partial charge is 0.534 e. The highest BCUT2D eigenvalue weighted by molar-refractivity contribution is 6.47. The van der Waals surface area contributed by atoms with E-state index in [0.717, 1.165) is 4.90 Å². The lowest BCUT2D eigenvalue weighted by Crippen LogP contribution is -2.63. The van der Waals surface area contributed by atoms with Gasteiger partial charge in [0.2, 0.25) is 5.91 Å². The summed E-state index contributed by atoms with van der Waals surface area (Å²) in [6.45, 7) is 2.92. The zero-order valence-electron chi connectivity index (χ0n) is 22.0. The third-order valence-electron chi connectivity index (χ3n) is 7.53. The first-order valence-electron chi connectivity index (χ1n) is 13.0. The summed E-state index contributed by atoms with van der Waals surface area (Å²) in [6.07, 6.45) is 0.852. The monoisotopic (exact) mass is 557 g/mol. The van der Waals surface area contributed by atoms with Gasteiger partial charge in [-0.25, -0.2) is 9.59 Å². The summed E-state index contributed by atoms with van der Waals surface area (Å²) < 4.78 is 5.46. The molecule has 4 rings (SSSR count). The number of hydrogen-bond donors (Lipinski definition) is 6. The lowest BCUT2D eigenvalue weighted by atomic mass is 9.72. The van der Waals surface area contributed by atoms with E-state index < -0.39 is 54.7 Å². The number of benzene rings is 1. The van der Waals surface area contributed by atoms with Crippen molar-refractivity contribution in [2.75, 3.05) is 32.7 Å². The molecule has 1 aromatic rings. The number of fused-ring (bicyclic) bond motifs is 1. The van der Waals surface area contributed by atoms with Crippen molar-refractivity contribution in [1.29, 1.82) is 5.41 Å². The molecule has 7 N–H and O–H groups in total. The minimum Gasteiger partial charge on any atom is -0.534 e. The number of piperidine rings is 1. The van der Waals surface area contributed by atoms with Crippen LogP contribution in [0.4, 0.5) is 4.79 Å². The van der Waals surface area contributed by atoms with Gasteiger partial charge in [-0.1, -0.05) is 12.1 Å². The van der Waals surface area contributed by atoms with Gasteiger partial charge in [0.25, 0.3) is 0 Å². The number of nitrogens with one attached hydrogen (secondary N) is 3. The maximum atomic E-state index is 13.6. The first-order chi connectivity index (χ1) is 19.0. The second kappa shape index (κ2) is 11.8. The van der Waals surface area contributed by atoms with Gasteiger partial charge in [-0.05, 0) is 43.7 Å². The topological polar surface area (TPSA) is 219 Å². The second-order valence-corrected chi connectivity index (χ2v) is 9.91. The number of likely N-dealkylation sites (N-methyl/N-ethyl adjacent to an activating group) is 1. The summed E-state index contributed by atoms with van der Waals surface area (Å²) in [4.78, 5) is 66.9. The number of carbonyl (C=O) groups excluding carboxylic acids is 4. The Balaban J connectivity index is 1.51. The van der Waals surface area contributed by atoms with E-state index in [-0.39, 0.29) is 36.8 Å². The maximum absolute atomic E-state index is 13.6. The van der Waals surface area contributed by atoms with Gasteiger partial charge in [0.1, 0.15) is 11.8 Å². The number of nitrogens with two attached hydrogens (primary N) is 1. The van der Waals surface area contributed by atoms with Gasteiger partial charge in [-0.2, -0.15) is 0 Å². The SMILES string of the molecule is CCN1CCN(C(=O)NC(C(=O)N[C@H]2Cc3cccc(C(=O)O)c3OB2O)C2CCN(C(=N)N)CC2)C(=O)C1=O. The van der Waals surface area contributed by atoms with E-state index in [4.69, 9.17) is 15.8 Å². The Morgan fingerprint density at radius 2 is 1.88 bits per heavy atom. The van der Waals surface area contributed by atoms with Crippen LogP contribution in [0, 0.1) is 11.3 Å². The number of urea groups is 1. The molecule has 2 fully saturated rings. The molecular weight excluding hydrogens is 525 g/mol. The van der Waals surface area contributed by atoms with Crippen molar-refractivity contribution in [3.8, 4) is 5.75 Å². The largest absolute Gasteiger partial charge is 0.547 e. The van der Waals surface area contributed by atoms with Crippen molar-refractivity contribution in [2.24, 2.45) is 11.7 Å². The fraction of sp³-hybridized carbons (Fsp3) is 0.500. The number of carboxylic acid groups (broad SMARTS) is 1. The Morgan fingerprint density at radius 3 is 2.50 bits per heavy atom. The van der Waals surface area contributed by atoms with Crippen molar-refractivity contribution in [3.05, 3.63) is 29.3 Å². The third kappa shape index (κ3) is 5.80. The molecule has 0 saturated carbocycles. The number of imide groups is 1. The van der Waals surface area contributed by atoms with Crippen LogP contribution < -0.4 is 21.0 Å². The van der Waals surface area contributed by atoms with Crippen molar-refractivity contribution in [3.63, 3.8) is 0 Å². The van der Waals surface area contributed by atoms with Crippen LogP contribution in [0.1, 0.15) is 35.7 Å². The number of carboxylic acids is 1. The highest BCUT2D eigenvalue weighted by Gasteiger charge is 2.42. The van der Waals surface area contributed by atoms with Crippen molar-refractivity contribution in [2.45, 2.75) is 38.2 Å². The molecule has 2 saturated heterocycles. The molecule has 15 nitrogen and oxygen atoms in total. The predicted molar refractivity (Wildman–Crippen MR) is 140 cm³/mol. The van der Waals surface area contributed by atoms with Gasteiger partial charge < -0.3 is 41.0 Å². The number of aromatic carboxylic acids is 1. The lowest BCUT2D eigenvalue weighted by molar-refractivity contribution is -0.153. The Labute approximate surface area is 230 Å². The molecule has 1 unspecified atom stereocenters. The summed E-state index contributed by atoms with van der Waals surface area (Å²) in [5.41, 5.74) is 5.94. The summed E-state index contributed by atoms with van der Waals surface area (Å²) in [5.74, 6) is -5.12. The Bertz CT molecular complexity index is 1220. The number of rotatable bonds is 6. The normalized spacial score (nSPS) is 20.4. The zero-order valence-corrected chi connectivity index (χ0v) is 22.0. The number of amides is 5. The molecule has 3 heterocycles. The van der Waals surface area contributed by atoms with E-state index >= 15 is 0 Å². The molecule has 214 valence electrons. The van der Waals surface area contributed by atoms with Gasteiger partial charge >= 0.3 is 30.9 Å². The zero-order chi connectivity index (χ0) is 29.1. The fourth-order valence-corrected chi connectivity index (χ4v) is 5.24. The van der Waals surface area contributed by atoms with Crippen molar-refractivity contribution in [1.82, 2.24) is 25.3 Å². The summed E-state index contributed by atoms with van der Waals surface area (Å²) in [5, 5.41) is 33.0. The van der Waals surface area contributed by atoms with E-state index in [0.29, 0.717) is 38.0 Å². The van der Waals surface area contributed by atoms with E-state index in [1.165, 1.54) is 17.0 Å². The number of para-hydroxylation sites is 1. The van der Waals surface area contributed by atoms with Crippen molar-refractivity contribution >= 4 is 42.8 Å². The predicted octanol–water partition coefficient (Wildman–Crippen LogP) is -1.80. The molecule has 40 heavy (non-hydrogen) atoms. The van der Waals surface area contributed by atoms with E-state index in [2.05, 4.69) is 10.6 Å². The van der Waals surface area contributed by atoms with Crippen molar-refractivity contribution < 1.29 is 38.8 Å². The summed E-state index contributed by atoms with van der Waals surface area (Å²) in [7, 11) is -1.56. The first-order valence-corrected chi connectivity index (χ1v) is 13.0. The van der Waals surface area contributed by atoms with Crippen LogP contribution in [0.3, 0.4) is 0 Å². The minimum atomic E-state index is -1.56. The highest BCUT2D eigenvalue weighted by Crippen LogP contribution is 2.30. The Morgan fingerprint density at radius 1 is 1.18 bits per heavy atom. The molecule has 0 radical (unpaired) electrons. The molecular formula is C24H32BN7O8. The highest BCUT2D eigenvalue weighted by atomic mass is 16.5. The average molecular weight is 557 g/mol. The van der Waals surface area contributed by atoms with E-state index in [1.807, 2.05) is 0 Å². The number of piperazine rings is 1. The van der Waals surface area contributed by atoms with Gasteiger partial charge in [-0.15, -0.1) is 0 Å². The van der Waals surface area contributed by atoms with E-state index in [9.17, 15) is 34.1 Å². The van der Waals surface area contributed by atoms with Crippen LogP contribution in [0.2, 0.25) is 0 Å². The summed E-state index contributed by atoms with van der Waals surface area (Å²) in [6, 6.07) is 2.47. The number of nitrogens with zero attached hydrogens (tertiary/aromatic N) is 3. The average Bonchev–Trinajstić information content (AvgIpc) is 2.93. The quantitative estimate of drug-likeness (QED) is 0.0997. The standard InChI is InChI=1S/C24H32BN7O8/c1-2-30-10-11-32(21(35)20(30)34)24(38)29-17(13-6-8-31(9-7-13)23(26)27)19(33)28-16-12-14-4-3-5-15(22(36)37)18(14)40-25(16)39/h3-5,13,16-17,39H,2,6-12H2,1H3,(H3,26,27)(H,28,33)(H,29,38)(H,36,37)/t16-,17?/m0/s1. The number of carbonyl (C=O) groups is 5. The molecule has 2 atom stereocenters. The molecule has 1 aromatic carbocycles. The van der Waals surface area contributed by atoms with Gasteiger partial charge in [0.15, 0.2) is 5.96 Å². The molecule has 0 aromatic heterocycles. The molecule has 0 bridgehead atoms. The van der Waals surface area contributed by atoms with Crippen LogP contribution in [0.25, 0.3) is 0 Å². The van der Waals surface area contributed by atoms with Crippen LogP contribution in [-0.2, 0) is 20.8 Å². The lowest BCUT2D eigenvalue weighted by Gasteiger charge is -2.38. The van der Waals surface area contributed by atoms with Gasteiger partial charge in [0, 0.05) is 32.7 Å². The van der Waals surface area contributed by atoms with Crippen LogP contribution >= 0.6 is 0 Å². The molecule has 0 aliphatic carbocycles. The molecule has 3 aliphatic rings. The molecule has 5 amide bonds. The Hall–Kier alpha value is -4.34. The van der Waals surface area contributed by atoms with Gasteiger partial charge in [0.05, 0.1) is 11.5 Å². The Kier molecular flexibility index (Phi) is 8.47. The number of hydrogen-bond acceptors (Lipinski definition) is 8.